The number of rotatable bonds is 5. The smallest absolute Gasteiger partial charge is 0.292 e. The number of aryl methyl sites for hydroxylation is 1. The molecule has 1 aliphatic carbocycles. The molecule has 10 nitrogen and oxygen atoms in total. The molecule has 0 radical (unpaired) electrons. The van der Waals surface area contributed by atoms with Crippen LogP contribution in [0, 0.1) is 17.2 Å². The van der Waals surface area contributed by atoms with Crippen molar-refractivity contribution in [3.63, 3.8) is 0 Å². The topological polar surface area (TPSA) is 116 Å². The lowest BCUT2D eigenvalue weighted by Crippen LogP contribution is -2.57. The number of fused-ring (bicyclic) bond motifs is 2. The van der Waals surface area contributed by atoms with Crippen molar-refractivity contribution in [3.05, 3.63) is 83.3 Å². The molecule has 0 amide bonds. The highest BCUT2D eigenvalue weighted by Crippen LogP contribution is 2.48. The fraction of sp³-hybridized carbons (Fsp3) is 0.346. The molecule has 3 aromatic heterocycles. The number of benzene rings is 1. The fourth-order valence-electron chi connectivity index (χ4n) is 5.85. The standard InChI is InChI=1S/C26H23F4N7O3S/c1-35-32-14-23(34-35)41(39,40)36-9-7-17-11-22-16(13-33-37(22)20-4-2-19(27)3-5-20)12-25(17,15-36)24(38)21-10-18(6-8-31-21)26(28,29)30/h2-6,8,10,13-14,17H,7,9,11-12,15H2,1H3/t17?,25-/m0/s1. The molecule has 15 heteroatoms. The van der Waals surface area contributed by atoms with Crippen molar-refractivity contribution in [2.24, 2.45) is 18.4 Å². The van der Waals surface area contributed by atoms with Crippen molar-refractivity contribution in [1.29, 1.82) is 0 Å². The number of aromatic nitrogens is 6. The summed E-state index contributed by atoms with van der Waals surface area (Å²) in [6, 6.07) is 7.23. The first-order chi connectivity index (χ1) is 19.4. The second-order valence-electron chi connectivity index (χ2n) is 10.3. The molecule has 1 aromatic carbocycles. The molecular weight excluding hydrogens is 566 g/mol. The van der Waals surface area contributed by atoms with Crippen molar-refractivity contribution in [2.45, 2.75) is 30.5 Å². The Labute approximate surface area is 231 Å². The third kappa shape index (κ3) is 4.62. The number of carbonyl (C=O) groups excluding carboxylic acids is 1. The Bertz CT molecular complexity index is 1750. The van der Waals surface area contributed by atoms with E-state index >= 15 is 0 Å². The molecule has 1 saturated heterocycles. The number of ketones is 1. The summed E-state index contributed by atoms with van der Waals surface area (Å²) in [4.78, 5) is 19.3. The summed E-state index contributed by atoms with van der Waals surface area (Å²) < 4.78 is 83.9. The van der Waals surface area contributed by atoms with E-state index in [9.17, 15) is 30.8 Å². The van der Waals surface area contributed by atoms with Gasteiger partial charge in [0.2, 0.25) is 5.03 Å². The molecule has 0 N–H and O–H groups in total. The van der Waals surface area contributed by atoms with Crippen molar-refractivity contribution < 1.29 is 30.8 Å². The van der Waals surface area contributed by atoms with Gasteiger partial charge in [-0.1, -0.05) is 0 Å². The molecule has 1 unspecified atom stereocenters. The molecule has 6 rings (SSSR count). The van der Waals surface area contributed by atoms with Crippen LogP contribution in [-0.2, 0) is 36.1 Å². The zero-order valence-electron chi connectivity index (χ0n) is 21.6. The van der Waals surface area contributed by atoms with Crippen LogP contribution in [0.1, 0.15) is 33.7 Å². The molecule has 0 bridgehead atoms. The van der Waals surface area contributed by atoms with Gasteiger partial charge in [0.05, 0.1) is 29.1 Å². The number of halogens is 4. The molecule has 1 fully saturated rings. The minimum Gasteiger partial charge on any atom is -0.292 e. The van der Waals surface area contributed by atoms with Crippen molar-refractivity contribution in [3.8, 4) is 5.69 Å². The van der Waals surface area contributed by atoms with E-state index in [2.05, 4.69) is 20.3 Å². The van der Waals surface area contributed by atoms with Crippen molar-refractivity contribution in [2.75, 3.05) is 13.1 Å². The van der Waals surface area contributed by atoms with Gasteiger partial charge in [-0.2, -0.15) is 32.5 Å². The molecule has 2 atom stereocenters. The average molecular weight is 590 g/mol. The van der Waals surface area contributed by atoms with Crippen LogP contribution in [0.25, 0.3) is 5.69 Å². The Kier molecular flexibility index (Phi) is 6.33. The predicted molar refractivity (Wildman–Crippen MR) is 135 cm³/mol. The Morgan fingerprint density at radius 3 is 2.54 bits per heavy atom. The normalized spacial score (nSPS) is 21.3. The van der Waals surface area contributed by atoms with Crippen LogP contribution in [0.5, 0.6) is 0 Å². The molecule has 4 aromatic rings. The molecule has 1 aliphatic heterocycles. The number of carbonyl (C=O) groups is 1. The zero-order valence-corrected chi connectivity index (χ0v) is 22.4. The number of hydrogen-bond donors (Lipinski definition) is 0. The van der Waals surface area contributed by atoms with Gasteiger partial charge in [0.25, 0.3) is 10.0 Å². The quantitative estimate of drug-likeness (QED) is 0.259. The highest BCUT2D eigenvalue weighted by atomic mass is 32.2. The summed E-state index contributed by atoms with van der Waals surface area (Å²) in [5.74, 6) is -1.53. The second-order valence-corrected chi connectivity index (χ2v) is 12.2. The summed E-state index contributed by atoms with van der Waals surface area (Å²) in [5, 5.41) is 11.9. The predicted octanol–water partition coefficient (Wildman–Crippen LogP) is 3.23. The van der Waals surface area contributed by atoms with Gasteiger partial charge < -0.3 is 0 Å². The van der Waals surface area contributed by atoms with E-state index in [0.717, 1.165) is 33.3 Å². The summed E-state index contributed by atoms with van der Waals surface area (Å²) in [6.07, 6.45) is -0.528. The minimum atomic E-state index is -4.70. The number of nitrogens with zero attached hydrogens (tertiary/aromatic N) is 7. The van der Waals surface area contributed by atoms with Crippen LogP contribution in [0.4, 0.5) is 17.6 Å². The summed E-state index contributed by atoms with van der Waals surface area (Å²) in [7, 11) is -2.70. The molecule has 2 aliphatic rings. The lowest BCUT2D eigenvalue weighted by Gasteiger charge is -2.48. The largest absolute Gasteiger partial charge is 0.416 e. The van der Waals surface area contributed by atoms with Gasteiger partial charge in [-0.25, -0.2) is 17.5 Å². The van der Waals surface area contributed by atoms with Gasteiger partial charge in [-0.15, -0.1) is 5.10 Å². The van der Waals surface area contributed by atoms with Gasteiger partial charge in [0.1, 0.15) is 11.5 Å². The maximum Gasteiger partial charge on any atom is 0.416 e. The van der Waals surface area contributed by atoms with Gasteiger partial charge in [-0.3, -0.25) is 9.78 Å². The number of sulfonamides is 1. The van der Waals surface area contributed by atoms with E-state index in [4.69, 9.17) is 0 Å². The van der Waals surface area contributed by atoms with Gasteiger partial charge in [-0.05, 0) is 67.1 Å². The molecule has 214 valence electrons. The number of alkyl halides is 3. The van der Waals surface area contributed by atoms with E-state index in [0.29, 0.717) is 23.7 Å². The van der Waals surface area contributed by atoms with E-state index in [1.807, 2.05) is 0 Å². The van der Waals surface area contributed by atoms with Crippen LogP contribution in [0.15, 0.2) is 60.0 Å². The van der Waals surface area contributed by atoms with E-state index in [1.165, 1.54) is 19.2 Å². The number of hydrogen-bond acceptors (Lipinski definition) is 7. The number of pyridine rings is 1. The Balaban J connectivity index is 1.44. The first kappa shape index (κ1) is 27.2. The summed E-state index contributed by atoms with van der Waals surface area (Å²) >= 11 is 0. The van der Waals surface area contributed by atoms with Crippen LogP contribution in [0.3, 0.4) is 0 Å². The molecule has 0 spiro atoms. The summed E-state index contributed by atoms with van der Waals surface area (Å²) in [5.41, 5.74) is -0.818. The Hall–Kier alpha value is -3.98. The summed E-state index contributed by atoms with van der Waals surface area (Å²) in [6.45, 7) is -0.219. The maximum absolute atomic E-state index is 14.2. The SMILES string of the molecule is Cn1ncc(S(=O)(=O)N2CCC3Cc4c(cnn4-c4ccc(F)cc4)C[C@]3(C(=O)c3cc(C(F)(F)F)ccn3)C2)n1. The van der Waals surface area contributed by atoms with Crippen LogP contribution in [-0.4, -0.2) is 61.4 Å². The van der Waals surface area contributed by atoms with E-state index < -0.39 is 50.4 Å². The third-order valence-electron chi connectivity index (χ3n) is 7.89. The lowest BCUT2D eigenvalue weighted by molar-refractivity contribution is -0.137. The first-order valence-corrected chi connectivity index (χ1v) is 14.1. The molecular formula is C26H23F4N7O3S. The number of piperidine rings is 1. The van der Waals surface area contributed by atoms with Crippen molar-refractivity contribution in [1.82, 2.24) is 34.1 Å². The van der Waals surface area contributed by atoms with Crippen LogP contribution in [0.2, 0.25) is 0 Å². The Morgan fingerprint density at radius 2 is 1.85 bits per heavy atom. The van der Waals surface area contributed by atoms with Gasteiger partial charge >= 0.3 is 6.18 Å². The van der Waals surface area contributed by atoms with E-state index in [1.54, 1.807) is 23.0 Å². The number of Topliss-reactive ketones (excluding diaryl/α,β-unsaturated/α-hetero) is 1. The molecule has 4 heterocycles. The maximum atomic E-state index is 14.2. The molecule has 41 heavy (non-hydrogen) atoms. The molecule has 0 saturated carbocycles. The Morgan fingerprint density at radius 1 is 1.10 bits per heavy atom. The highest BCUT2D eigenvalue weighted by Gasteiger charge is 2.55. The fourth-order valence-corrected chi connectivity index (χ4v) is 7.27. The lowest BCUT2D eigenvalue weighted by atomic mass is 9.60. The minimum absolute atomic E-state index is 0.0252. The zero-order chi connectivity index (χ0) is 29.2. The van der Waals surface area contributed by atoms with E-state index in [-0.39, 0.29) is 31.0 Å². The monoisotopic (exact) mass is 589 g/mol. The third-order valence-corrected chi connectivity index (χ3v) is 9.60. The first-order valence-electron chi connectivity index (χ1n) is 12.6. The van der Waals surface area contributed by atoms with Gasteiger partial charge in [0, 0.05) is 32.0 Å². The average Bonchev–Trinajstić information content (AvgIpc) is 3.57. The van der Waals surface area contributed by atoms with Gasteiger partial charge in [0.15, 0.2) is 5.78 Å². The second kappa shape index (κ2) is 9.55. The highest BCUT2D eigenvalue weighted by molar-refractivity contribution is 7.89. The van der Waals surface area contributed by atoms with Crippen molar-refractivity contribution >= 4 is 15.8 Å². The van der Waals surface area contributed by atoms with Crippen LogP contribution < -0.4 is 0 Å². The van der Waals surface area contributed by atoms with Crippen LogP contribution >= 0.6 is 0 Å².